The molecule has 10 aromatic rings. The number of nitrogens with one attached hydrogen (secondary N) is 4. The molecule has 0 bridgehead atoms. The number of ether oxygens (including phenoxy) is 5. The summed E-state index contributed by atoms with van der Waals surface area (Å²) in [5.74, 6) is -1.22. The summed E-state index contributed by atoms with van der Waals surface area (Å²) < 4.78 is 35.3. The number of amides is 1. The molecule has 22 nitrogen and oxygen atoms in total. The minimum Gasteiger partial charge on any atom is -0.870 e. The predicted molar refractivity (Wildman–Crippen MR) is 418 cm³/mol. The van der Waals surface area contributed by atoms with E-state index >= 15 is 0 Å². The molecule has 0 saturated carbocycles. The fourth-order valence-corrected chi connectivity index (χ4v) is 12.1. The van der Waals surface area contributed by atoms with Crippen LogP contribution >= 0.6 is 23.4 Å². The number of carboxylic acid groups (broad SMARTS) is 1. The van der Waals surface area contributed by atoms with E-state index in [2.05, 4.69) is 46.4 Å². The minimum atomic E-state index is -0.918. The molecule has 0 saturated heterocycles. The zero-order chi connectivity index (χ0) is 76.4. The van der Waals surface area contributed by atoms with Gasteiger partial charge in [-0.1, -0.05) is 31.7 Å². The standard InChI is InChI=1S/C23H27N3O3.C17H21NO3.C15H17NO3.C14H17NO3.C8H11ClN2O.C3H5Cl.CH4.Na.H2O/c1-6-10-29-17(5)21-16(4)19(12-18-8-7-9-26(18)21)22(27)24-13-20-14(2)11-15(3)25-23(20)28;1-5-10-21-13(4)16-12(3)15(17(19)20-6-2)11-14-8-7-9-18(14)16;1-4-8-19-11(3)14-10(2)13(15(17)18)9-12-6-5-7-16(12)14;1-4-18-14(17)12-8-11-6-5-7-15(11)13(9(12)2)10(3)16;1-5-3-6(2)11-8(12)7(5)4-10-9;1-2-3-4;;;/h6-9,11-12,17H,1,10,13H2,2-5H3,(H,24,27)(H,25,28);5,7-9,11,13H,1,6,10H2,2-4H3;4-7,9,11H,1,8H2,2-3H3,(H,17,18);5-8,10,16H,4H2,1-3H3;3,10H,4H2,1-2H3,(H,11,12);2H,1,3H2;1H4;;1H2/q;;;;;;;+1;/p-1. The number of hydrogen-bond donors (Lipinski definition) is 6. The molecule has 0 aliphatic carbocycles. The second-order valence-electron chi connectivity index (χ2n) is 24.0. The fraction of sp³-hybridized carbons (Fsp3) is 0.333. The Morgan fingerprint density at radius 3 is 1.15 bits per heavy atom. The fourth-order valence-electron chi connectivity index (χ4n) is 11.9. The number of aromatic carboxylic acids is 1. The van der Waals surface area contributed by atoms with Crippen molar-refractivity contribution in [2.24, 2.45) is 0 Å². The van der Waals surface area contributed by atoms with Gasteiger partial charge in [0, 0.05) is 93.9 Å². The molecule has 0 aliphatic rings. The molecule has 4 atom stereocenters. The average Bonchev–Trinajstić information content (AvgIpc) is 1.54. The number of allylic oxidation sites excluding steroid dienone is 1. The van der Waals surface area contributed by atoms with Crippen LogP contribution in [0.1, 0.15) is 193 Å². The summed E-state index contributed by atoms with van der Waals surface area (Å²) in [6, 6.07) is 26.4. The molecule has 566 valence electrons. The third-order valence-electron chi connectivity index (χ3n) is 16.7. The number of carboxylic acids is 1. The first-order valence-corrected chi connectivity index (χ1v) is 34.5. The van der Waals surface area contributed by atoms with E-state index in [0.29, 0.717) is 78.8 Å². The van der Waals surface area contributed by atoms with E-state index in [1.807, 2.05) is 191 Å². The number of aliphatic hydroxyl groups is 1. The molecule has 0 spiro atoms. The molecule has 0 fully saturated rings. The number of H-pyrrole nitrogens is 2. The number of rotatable bonds is 24. The van der Waals surface area contributed by atoms with Crippen LogP contribution in [0.3, 0.4) is 0 Å². The quantitative estimate of drug-likeness (QED) is 0.0108. The first kappa shape index (κ1) is 93.2. The minimum absolute atomic E-state index is 0. The van der Waals surface area contributed by atoms with Crippen LogP contribution in [0.15, 0.2) is 170 Å². The number of carbonyl (C=O) groups excluding carboxylic acids is 3. The van der Waals surface area contributed by atoms with Crippen LogP contribution in [0.25, 0.3) is 22.1 Å². The SMILES string of the molecule is C.C=CCCl.C=CCOC(C)c1c(C)c(C(=O)NCc2c(C)cc(C)[nH]c2=O)cc2cccn12.C=CCOC(C)c1c(C)c(C(=O)O)cc2cccn12.C=CCOC(C)c1c(C)c(C(=O)OCC)cc2cccn12.CCOC(=O)c1cc2cccn2c(C(C)O)c1C.Cc1cc(C)c(CNCl)c(=O)[nH]1.[Na+].[OH-]. The molecular formula is C81H103Cl2N8NaO14. The second kappa shape index (κ2) is 45.6. The smallest absolute Gasteiger partial charge is 0.870 e. The van der Waals surface area contributed by atoms with Crippen LogP contribution in [-0.2, 0) is 36.8 Å². The maximum atomic E-state index is 13.0. The Morgan fingerprint density at radius 2 is 0.840 bits per heavy atom. The van der Waals surface area contributed by atoms with E-state index in [1.165, 1.54) is 0 Å². The normalized spacial score (nSPS) is 11.6. The van der Waals surface area contributed by atoms with Crippen LogP contribution < -0.4 is 50.8 Å². The van der Waals surface area contributed by atoms with Gasteiger partial charge in [0.2, 0.25) is 0 Å². The molecule has 1 amide bonds. The number of halogens is 2. The number of fused-ring (bicyclic) bond motifs is 4. The van der Waals surface area contributed by atoms with Crippen LogP contribution in [0, 0.1) is 55.4 Å². The van der Waals surface area contributed by atoms with Crippen molar-refractivity contribution in [1.82, 2.24) is 37.7 Å². The van der Waals surface area contributed by atoms with Crippen LogP contribution in [0.2, 0.25) is 0 Å². The maximum absolute atomic E-state index is 13.0. The number of nitrogens with zero attached hydrogens (tertiary/aromatic N) is 4. The number of aromatic amines is 2. The number of aliphatic hydroxyl groups excluding tert-OH is 1. The molecule has 0 aliphatic heterocycles. The van der Waals surface area contributed by atoms with Crippen molar-refractivity contribution in [1.29, 1.82) is 0 Å². The molecule has 10 heterocycles. The maximum Gasteiger partial charge on any atom is 1.00 e. The van der Waals surface area contributed by atoms with E-state index in [0.717, 1.165) is 89.6 Å². The average molecular weight is 1510 g/mol. The number of alkyl halides is 1. The van der Waals surface area contributed by atoms with Gasteiger partial charge in [-0.25, -0.2) is 19.2 Å². The van der Waals surface area contributed by atoms with Gasteiger partial charge in [0.15, 0.2) is 0 Å². The van der Waals surface area contributed by atoms with Crippen LogP contribution in [0.4, 0.5) is 0 Å². The first-order valence-electron chi connectivity index (χ1n) is 33.6. The summed E-state index contributed by atoms with van der Waals surface area (Å²) in [5, 5.41) is 22.1. The number of aromatic nitrogens is 6. The van der Waals surface area contributed by atoms with Crippen molar-refractivity contribution >= 4 is 69.3 Å². The van der Waals surface area contributed by atoms with Crippen LogP contribution in [-0.4, -0.2) is 106 Å². The summed E-state index contributed by atoms with van der Waals surface area (Å²) in [4.78, 5) is 79.8. The topological polar surface area (TPSA) is 292 Å². The number of aryl methyl sites for hydroxylation is 4. The number of pyridine rings is 6. The molecule has 106 heavy (non-hydrogen) atoms. The monoisotopic (exact) mass is 1500 g/mol. The zero-order valence-corrected chi connectivity index (χ0v) is 66.4. The predicted octanol–water partition coefficient (Wildman–Crippen LogP) is 13.2. The van der Waals surface area contributed by atoms with Gasteiger partial charge in [0.05, 0.1) is 96.9 Å². The molecule has 25 heteroatoms. The van der Waals surface area contributed by atoms with E-state index in [9.17, 15) is 39.0 Å². The van der Waals surface area contributed by atoms with Gasteiger partial charge in [-0.15, -0.1) is 37.9 Å². The third kappa shape index (κ3) is 24.3. The van der Waals surface area contributed by atoms with E-state index in [1.54, 1.807) is 57.2 Å². The summed E-state index contributed by atoms with van der Waals surface area (Å²) in [5.41, 5.74) is 16.8. The van der Waals surface area contributed by atoms with Crippen molar-refractivity contribution in [3.8, 4) is 0 Å². The summed E-state index contributed by atoms with van der Waals surface area (Å²) >= 11 is 10.4. The largest absolute Gasteiger partial charge is 1.00 e. The van der Waals surface area contributed by atoms with Gasteiger partial charge in [0.25, 0.3) is 17.0 Å². The van der Waals surface area contributed by atoms with Gasteiger partial charge in [0.1, 0.15) is 0 Å². The van der Waals surface area contributed by atoms with Crippen molar-refractivity contribution in [3.05, 3.63) is 282 Å². The molecule has 10 rings (SSSR count). The van der Waals surface area contributed by atoms with Gasteiger partial charge >= 0.3 is 47.5 Å². The third-order valence-corrected chi connectivity index (χ3v) is 17.0. The second-order valence-corrected chi connectivity index (χ2v) is 24.6. The number of carbonyl (C=O) groups is 4. The van der Waals surface area contributed by atoms with E-state index < -0.39 is 12.1 Å². The Hall–Kier alpha value is -8.88. The molecule has 0 aromatic carbocycles. The molecule has 7 N–H and O–H groups in total. The molecule has 0 radical (unpaired) electrons. The van der Waals surface area contributed by atoms with Crippen molar-refractivity contribution in [3.63, 3.8) is 0 Å². The van der Waals surface area contributed by atoms with Gasteiger partial charge in [-0.3, -0.25) is 14.4 Å². The van der Waals surface area contributed by atoms with Crippen molar-refractivity contribution in [2.45, 2.75) is 142 Å². The Balaban J connectivity index is 0.000000451. The van der Waals surface area contributed by atoms with Crippen molar-refractivity contribution in [2.75, 3.05) is 38.9 Å². The number of esters is 2. The Kier molecular flexibility index (Phi) is 40.1. The van der Waals surface area contributed by atoms with E-state index in [4.69, 9.17) is 47.1 Å². The number of hydrogen-bond acceptors (Lipinski definition) is 14. The van der Waals surface area contributed by atoms with E-state index in [-0.39, 0.29) is 96.3 Å². The Morgan fingerprint density at radius 1 is 0.528 bits per heavy atom. The van der Waals surface area contributed by atoms with Gasteiger partial charge < -0.3 is 72.3 Å². The molecule has 10 aromatic heterocycles. The summed E-state index contributed by atoms with van der Waals surface area (Å²) in [6.07, 6.45) is 13.3. The Bertz CT molecular complexity index is 4730. The van der Waals surface area contributed by atoms with Gasteiger partial charge in [-0.05, 0) is 227 Å². The van der Waals surface area contributed by atoms with Gasteiger partial charge in [-0.2, -0.15) is 0 Å². The van der Waals surface area contributed by atoms with Crippen LogP contribution in [0.5, 0.6) is 0 Å². The van der Waals surface area contributed by atoms with Crippen molar-refractivity contribution < 1.29 is 88.1 Å². The first-order chi connectivity index (χ1) is 49.1. The zero-order valence-electron chi connectivity index (χ0n) is 62.9. The Labute approximate surface area is 653 Å². The molecular weight excluding hydrogens is 1400 g/mol. The summed E-state index contributed by atoms with van der Waals surface area (Å²) in [6.45, 7) is 43.0. The molecule has 4 unspecified atom stereocenters. The summed E-state index contributed by atoms with van der Waals surface area (Å²) in [7, 11) is 0.